The van der Waals surface area contributed by atoms with E-state index >= 15 is 0 Å². The van der Waals surface area contributed by atoms with Gasteiger partial charge in [-0.15, -0.1) is 0 Å². The lowest BCUT2D eigenvalue weighted by Crippen LogP contribution is -2.47. The molecule has 2 aliphatic rings. The number of carbonyl (C=O) groups is 1. The van der Waals surface area contributed by atoms with Gasteiger partial charge < -0.3 is 35.6 Å². The Morgan fingerprint density at radius 1 is 0.977 bits per heavy atom. The van der Waals surface area contributed by atoms with Crippen molar-refractivity contribution in [3.63, 3.8) is 0 Å². The fourth-order valence-electron chi connectivity index (χ4n) is 5.60. The van der Waals surface area contributed by atoms with E-state index in [2.05, 4.69) is 60.3 Å². The Morgan fingerprint density at radius 3 is 2.44 bits per heavy atom. The molecule has 1 aromatic carbocycles. The standard InChI is InChI=1S/C32H52N8O3/c1-3-43-21-20-39-16-18-40(19-17-39)30-22-29(36-31(41)25-42-2)37-32(38-30)35-24-27-12-10-26(11-13-27)23-33-14-7-15-34-28-8-5-4-6-9-28/h10-13,22,28,33-34H,3-9,14-21,23-25H2,1-2H3,(H2,35,36,37,38,41). The molecule has 1 aliphatic heterocycles. The highest BCUT2D eigenvalue weighted by atomic mass is 16.5. The van der Waals surface area contributed by atoms with Gasteiger partial charge in [0.1, 0.15) is 18.2 Å². The fraction of sp³-hybridized carbons (Fsp3) is 0.656. The Bertz CT molecular complexity index is 1070. The fourth-order valence-corrected chi connectivity index (χ4v) is 5.60. The molecule has 0 radical (unpaired) electrons. The molecule has 43 heavy (non-hydrogen) atoms. The molecule has 1 amide bonds. The van der Waals surface area contributed by atoms with Crippen LogP contribution in [0.2, 0.25) is 0 Å². The third-order valence-corrected chi connectivity index (χ3v) is 8.08. The molecule has 1 saturated carbocycles. The Morgan fingerprint density at radius 2 is 1.72 bits per heavy atom. The molecule has 0 unspecified atom stereocenters. The summed E-state index contributed by atoms with van der Waals surface area (Å²) in [6.45, 7) is 11.5. The van der Waals surface area contributed by atoms with E-state index < -0.39 is 0 Å². The summed E-state index contributed by atoms with van der Waals surface area (Å²) in [6.07, 6.45) is 7.98. The number of ether oxygens (including phenoxy) is 2. The van der Waals surface area contributed by atoms with Crippen molar-refractivity contribution in [2.75, 3.05) is 88.3 Å². The van der Waals surface area contributed by atoms with Crippen LogP contribution in [0.1, 0.15) is 56.6 Å². The van der Waals surface area contributed by atoms with Crippen LogP contribution in [0.15, 0.2) is 30.3 Å². The van der Waals surface area contributed by atoms with Gasteiger partial charge >= 0.3 is 0 Å². The van der Waals surface area contributed by atoms with Gasteiger partial charge in [-0.05, 0) is 50.4 Å². The van der Waals surface area contributed by atoms with Gasteiger partial charge in [0.15, 0.2) is 0 Å². The second-order valence-electron chi connectivity index (χ2n) is 11.4. The lowest BCUT2D eigenvalue weighted by molar-refractivity contribution is -0.119. The number of piperazine rings is 1. The highest BCUT2D eigenvalue weighted by Gasteiger charge is 2.20. The second-order valence-corrected chi connectivity index (χ2v) is 11.4. The number of aromatic nitrogens is 2. The maximum atomic E-state index is 12.2. The minimum atomic E-state index is -0.247. The Labute approximate surface area is 257 Å². The van der Waals surface area contributed by atoms with E-state index in [0.717, 1.165) is 89.4 Å². The van der Waals surface area contributed by atoms with Crippen LogP contribution in [-0.2, 0) is 27.4 Å². The van der Waals surface area contributed by atoms with Crippen LogP contribution in [0.4, 0.5) is 17.6 Å². The molecule has 0 bridgehead atoms. The summed E-state index contributed by atoms with van der Waals surface area (Å²) in [5.41, 5.74) is 2.41. The molecule has 0 atom stereocenters. The molecule has 2 heterocycles. The molecule has 2 aromatic rings. The van der Waals surface area contributed by atoms with Gasteiger partial charge in [0.05, 0.1) is 6.61 Å². The van der Waals surface area contributed by atoms with Crippen molar-refractivity contribution in [3.05, 3.63) is 41.5 Å². The predicted molar refractivity (Wildman–Crippen MR) is 173 cm³/mol. The third-order valence-electron chi connectivity index (χ3n) is 8.08. The first-order valence-corrected chi connectivity index (χ1v) is 16.1. The predicted octanol–water partition coefficient (Wildman–Crippen LogP) is 3.23. The number of carbonyl (C=O) groups excluding carboxylic acids is 1. The summed E-state index contributed by atoms with van der Waals surface area (Å²) in [4.78, 5) is 26.2. The quantitative estimate of drug-likeness (QED) is 0.191. The Balaban J connectivity index is 1.25. The van der Waals surface area contributed by atoms with Crippen molar-refractivity contribution in [1.29, 1.82) is 0 Å². The molecule has 2 fully saturated rings. The van der Waals surface area contributed by atoms with E-state index in [1.54, 1.807) is 0 Å². The SMILES string of the molecule is CCOCCN1CCN(c2cc(NC(=O)COC)nc(NCc3ccc(CNCCCNC4CCCCC4)cc3)n2)CC1. The zero-order valence-corrected chi connectivity index (χ0v) is 26.2. The summed E-state index contributed by atoms with van der Waals surface area (Å²) in [7, 11) is 1.50. The molecule has 1 aliphatic carbocycles. The first kappa shape index (κ1) is 33.1. The number of nitrogens with zero attached hydrogens (tertiary/aromatic N) is 4. The second kappa shape index (κ2) is 18.7. The topological polar surface area (TPSA) is 116 Å². The Hall–Kier alpha value is -2.83. The largest absolute Gasteiger partial charge is 0.380 e. The van der Waals surface area contributed by atoms with Crippen molar-refractivity contribution in [3.8, 4) is 0 Å². The summed E-state index contributed by atoms with van der Waals surface area (Å²) < 4.78 is 10.5. The number of rotatable bonds is 18. The third kappa shape index (κ3) is 12.0. The van der Waals surface area contributed by atoms with Gasteiger partial charge in [0.2, 0.25) is 5.95 Å². The summed E-state index contributed by atoms with van der Waals surface area (Å²) in [6, 6.07) is 11.2. The van der Waals surface area contributed by atoms with Crippen LogP contribution >= 0.6 is 0 Å². The van der Waals surface area contributed by atoms with Crippen molar-refractivity contribution >= 4 is 23.5 Å². The van der Waals surface area contributed by atoms with Gasteiger partial charge in [-0.2, -0.15) is 9.97 Å². The average Bonchev–Trinajstić information content (AvgIpc) is 3.03. The maximum Gasteiger partial charge on any atom is 0.251 e. The molecular formula is C32H52N8O3. The van der Waals surface area contributed by atoms with Crippen LogP contribution in [0.25, 0.3) is 0 Å². The van der Waals surface area contributed by atoms with Crippen LogP contribution in [0.5, 0.6) is 0 Å². The van der Waals surface area contributed by atoms with E-state index in [1.165, 1.54) is 44.8 Å². The van der Waals surface area contributed by atoms with E-state index in [4.69, 9.17) is 14.5 Å². The number of anilines is 3. The van der Waals surface area contributed by atoms with Gasteiger partial charge in [-0.3, -0.25) is 9.69 Å². The van der Waals surface area contributed by atoms with E-state index in [1.807, 2.05) is 13.0 Å². The van der Waals surface area contributed by atoms with E-state index in [-0.39, 0.29) is 12.5 Å². The lowest BCUT2D eigenvalue weighted by atomic mass is 9.95. The molecule has 1 saturated heterocycles. The summed E-state index contributed by atoms with van der Waals surface area (Å²) in [5.74, 6) is 1.49. The van der Waals surface area contributed by atoms with Gasteiger partial charge in [-0.25, -0.2) is 0 Å². The molecule has 1 aromatic heterocycles. The minimum absolute atomic E-state index is 0.0286. The molecule has 4 N–H and O–H groups in total. The number of nitrogens with one attached hydrogen (secondary N) is 4. The minimum Gasteiger partial charge on any atom is -0.380 e. The first-order chi connectivity index (χ1) is 21.1. The van der Waals surface area contributed by atoms with Crippen molar-refractivity contribution in [2.45, 2.75) is 64.6 Å². The maximum absolute atomic E-state index is 12.2. The summed E-state index contributed by atoms with van der Waals surface area (Å²) >= 11 is 0. The van der Waals surface area contributed by atoms with E-state index in [9.17, 15) is 4.79 Å². The average molecular weight is 597 g/mol. The number of benzene rings is 1. The Kier molecular flexibility index (Phi) is 14.4. The smallest absolute Gasteiger partial charge is 0.251 e. The van der Waals surface area contributed by atoms with Crippen LogP contribution < -0.4 is 26.2 Å². The zero-order valence-electron chi connectivity index (χ0n) is 26.2. The highest BCUT2D eigenvalue weighted by molar-refractivity contribution is 5.91. The summed E-state index contributed by atoms with van der Waals surface area (Å²) in [5, 5.41) is 13.5. The molecule has 0 spiro atoms. The van der Waals surface area contributed by atoms with Crippen LogP contribution in [0.3, 0.4) is 0 Å². The zero-order chi connectivity index (χ0) is 30.1. The van der Waals surface area contributed by atoms with E-state index in [0.29, 0.717) is 18.3 Å². The lowest BCUT2D eigenvalue weighted by Gasteiger charge is -2.35. The number of hydrogen-bond donors (Lipinski definition) is 4. The van der Waals surface area contributed by atoms with Gasteiger partial charge in [-0.1, -0.05) is 43.5 Å². The normalized spacial score (nSPS) is 16.4. The molecular weight excluding hydrogens is 544 g/mol. The van der Waals surface area contributed by atoms with Crippen molar-refractivity contribution in [1.82, 2.24) is 25.5 Å². The highest BCUT2D eigenvalue weighted by Crippen LogP contribution is 2.21. The first-order valence-electron chi connectivity index (χ1n) is 16.1. The monoisotopic (exact) mass is 596 g/mol. The van der Waals surface area contributed by atoms with Crippen LogP contribution in [0, 0.1) is 0 Å². The van der Waals surface area contributed by atoms with Crippen molar-refractivity contribution in [2.24, 2.45) is 0 Å². The van der Waals surface area contributed by atoms with Gasteiger partial charge in [0.25, 0.3) is 5.91 Å². The van der Waals surface area contributed by atoms with Crippen LogP contribution in [-0.4, -0.2) is 99.6 Å². The van der Waals surface area contributed by atoms with Crippen molar-refractivity contribution < 1.29 is 14.3 Å². The number of methoxy groups -OCH3 is 1. The molecule has 238 valence electrons. The van der Waals surface area contributed by atoms with Gasteiger partial charge in [0, 0.05) is 71.6 Å². The molecule has 11 nitrogen and oxygen atoms in total. The molecule has 11 heteroatoms. The number of amides is 1. The number of hydrogen-bond acceptors (Lipinski definition) is 10. The molecule has 4 rings (SSSR count).